The highest BCUT2D eigenvalue weighted by Gasteiger charge is 2.27. The Kier molecular flexibility index (Phi) is 7.96. The van der Waals surface area contributed by atoms with Gasteiger partial charge in [0.2, 0.25) is 0 Å². The predicted octanol–water partition coefficient (Wildman–Crippen LogP) is 4.93. The fourth-order valence-electron chi connectivity index (χ4n) is 2.79. The maximum atomic E-state index is 12.6. The van der Waals surface area contributed by atoms with E-state index in [1.807, 2.05) is 26.0 Å². The molecule has 0 saturated carbocycles. The number of nitrogens with one attached hydrogen (secondary N) is 1. The van der Waals surface area contributed by atoms with Crippen LogP contribution < -0.4 is 5.32 Å². The maximum Gasteiger partial charge on any atom is 0.329 e. The Morgan fingerprint density at radius 1 is 0.933 bits per heavy atom. The summed E-state index contributed by atoms with van der Waals surface area (Å²) in [5.41, 5.74) is 2.02. The van der Waals surface area contributed by atoms with Gasteiger partial charge in [-0.3, -0.25) is 9.59 Å². The minimum atomic E-state index is -0.850. The van der Waals surface area contributed by atoms with Crippen molar-refractivity contribution in [2.75, 3.05) is 6.61 Å². The zero-order chi connectivity index (χ0) is 22.5. The fourth-order valence-corrected chi connectivity index (χ4v) is 3.05. The van der Waals surface area contributed by atoms with E-state index in [9.17, 15) is 14.4 Å². The van der Waals surface area contributed by atoms with Crippen molar-refractivity contribution in [1.82, 2.24) is 5.32 Å². The van der Waals surface area contributed by atoms with Crippen LogP contribution in [0.3, 0.4) is 0 Å². The topological polar surface area (TPSA) is 72.5 Å². The van der Waals surface area contributed by atoms with Crippen LogP contribution in [0.5, 0.6) is 0 Å². The fraction of sp³-hybridized carbons (Fsp3) is 0.375. The number of esters is 1. The third kappa shape index (κ3) is 6.52. The molecule has 2 rings (SSSR count). The molecule has 1 amide bonds. The Morgan fingerprint density at radius 3 is 1.97 bits per heavy atom. The molecule has 0 aromatic heterocycles. The molecule has 0 heterocycles. The van der Waals surface area contributed by atoms with Crippen molar-refractivity contribution >= 4 is 33.6 Å². The number of benzene rings is 2. The quantitative estimate of drug-likeness (QED) is 0.457. The summed E-state index contributed by atoms with van der Waals surface area (Å²) in [6.45, 7) is 9.55. The molecule has 0 fully saturated rings. The Morgan fingerprint density at radius 2 is 1.47 bits per heavy atom. The van der Waals surface area contributed by atoms with Gasteiger partial charge in [0.1, 0.15) is 6.04 Å². The molecule has 160 valence electrons. The van der Waals surface area contributed by atoms with E-state index in [2.05, 4.69) is 42.0 Å². The van der Waals surface area contributed by atoms with E-state index in [-0.39, 0.29) is 29.6 Å². The molecule has 0 bridgehead atoms. The van der Waals surface area contributed by atoms with Crippen LogP contribution in [0.15, 0.2) is 53.0 Å². The molecular formula is C24H28BrNO4. The monoisotopic (exact) mass is 473 g/mol. The van der Waals surface area contributed by atoms with Crippen LogP contribution in [0, 0.1) is 5.92 Å². The third-order valence-electron chi connectivity index (χ3n) is 4.73. The molecule has 0 aliphatic carbocycles. The molecule has 0 aliphatic rings. The van der Waals surface area contributed by atoms with Gasteiger partial charge in [0.15, 0.2) is 12.4 Å². The van der Waals surface area contributed by atoms with Crippen LogP contribution in [0.2, 0.25) is 0 Å². The zero-order valence-corrected chi connectivity index (χ0v) is 19.6. The number of hydrogen-bond donors (Lipinski definition) is 1. The van der Waals surface area contributed by atoms with Gasteiger partial charge in [-0.15, -0.1) is 0 Å². The van der Waals surface area contributed by atoms with Gasteiger partial charge in [0.25, 0.3) is 5.91 Å². The second kappa shape index (κ2) is 10.0. The average Bonchev–Trinajstić information content (AvgIpc) is 2.69. The number of hydrogen-bond acceptors (Lipinski definition) is 4. The summed E-state index contributed by atoms with van der Waals surface area (Å²) >= 11 is 3.31. The van der Waals surface area contributed by atoms with Gasteiger partial charge in [-0.05, 0) is 41.2 Å². The molecule has 6 heteroatoms. The first-order valence-corrected chi connectivity index (χ1v) is 10.6. The van der Waals surface area contributed by atoms with Crippen molar-refractivity contribution in [3.63, 3.8) is 0 Å². The normalized spacial score (nSPS) is 12.4. The lowest BCUT2D eigenvalue weighted by molar-refractivity contribution is -0.145. The number of halogens is 1. The first-order valence-electron chi connectivity index (χ1n) is 9.86. The predicted molar refractivity (Wildman–Crippen MR) is 121 cm³/mol. The van der Waals surface area contributed by atoms with E-state index in [0.717, 1.165) is 10.0 Å². The first kappa shape index (κ1) is 23.8. The smallest absolute Gasteiger partial charge is 0.329 e. The first-order chi connectivity index (χ1) is 14.0. The molecule has 5 nitrogen and oxygen atoms in total. The summed E-state index contributed by atoms with van der Waals surface area (Å²) in [6.07, 6.45) is 0. The molecule has 2 aromatic rings. The number of ketones is 1. The van der Waals surface area contributed by atoms with E-state index >= 15 is 0 Å². The molecule has 1 atom stereocenters. The summed E-state index contributed by atoms with van der Waals surface area (Å²) in [5.74, 6) is -1.49. The molecule has 30 heavy (non-hydrogen) atoms. The van der Waals surface area contributed by atoms with Crippen molar-refractivity contribution in [2.24, 2.45) is 5.92 Å². The number of carbonyl (C=O) groups excluding carboxylic acids is 3. The van der Waals surface area contributed by atoms with Crippen LogP contribution in [-0.4, -0.2) is 30.3 Å². The Labute approximate surface area is 186 Å². The second-order valence-corrected chi connectivity index (χ2v) is 9.48. The number of rotatable bonds is 7. The minimum absolute atomic E-state index is 0.0132. The van der Waals surface area contributed by atoms with Crippen LogP contribution in [-0.2, 0) is 14.9 Å². The van der Waals surface area contributed by atoms with Crippen molar-refractivity contribution in [2.45, 2.75) is 46.1 Å². The molecule has 0 saturated heterocycles. The molecule has 2 aromatic carbocycles. The minimum Gasteiger partial charge on any atom is -0.456 e. The molecule has 0 spiro atoms. The van der Waals surface area contributed by atoms with Crippen LogP contribution in [0.1, 0.15) is 60.9 Å². The summed E-state index contributed by atoms with van der Waals surface area (Å²) in [7, 11) is 0. The summed E-state index contributed by atoms with van der Waals surface area (Å²) < 4.78 is 6.05. The van der Waals surface area contributed by atoms with Crippen molar-refractivity contribution < 1.29 is 19.1 Å². The lowest BCUT2D eigenvalue weighted by atomic mass is 9.86. The van der Waals surface area contributed by atoms with Gasteiger partial charge in [0, 0.05) is 15.6 Å². The summed E-state index contributed by atoms with van der Waals surface area (Å²) in [4.78, 5) is 37.4. The van der Waals surface area contributed by atoms with Crippen LogP contribution in [0.4, 0.5) is 0 Å². The van der Waals surface area contributed by atoms with Gasteiger partial charge in [-0.1, -0.05) is 74.8 Å². The number of ether oxygens (including phenoxy) is 1. The maximum absolute atomic E-state index is 12.6. The Bertz CT molecular complexity index is 896. The molecule has 0 radical (unpaired) electrons. The molecule has 1 N–H and O–H groups in total. The average molecular weight is 474 g/mol. The van der Waals surface area contributed by atoms with Crippen LogP contribution in [0.25, 0.3) is 0 Å². The standard InChI is InChI=1S/C24H28BrNO4/c1-15(2)21(23(29)30-14-20(27)16-8-12-19(25)13-9-16)26-22(28)17-6-10-18(11-7-17)24(3,4)5/h6-13,15,21H,14H2,1-5H3,(H,26,28)/t21-/m0/s1. The number of carbonyl (C=O) groups is 3. The van der Waals surface area contributed by atoms with Gasteiger partial charge in [0.05, 0.1) is 0 Å². The Hall–Kier alpha value is -2.47. The Balaban J connectivity index is 2.00. The van der Waals surface area contributed by atoms with E-state index in [0.29, 0.717) is 11.1 Å². The van der Waals surface area contributed by atoms with Crippen molar-refractivity contribution in [3.8, 4) is 0 Å². The lowest BCUT2D eigenvalue weighted by Crippen LogP contribution is -2.45. The SMILES string of the molecule is CC(C)[C@H](NC(=O)c1ccc(C(C)(C)C)cc1)C(=O)OCC(=O)c1ccc(Br)cc1. The van der Waals surface area contributed by atoms with Gasteiger partial charge in [-0.25, -0.2) is 4.79 Å². The largest absolute Gasteiger partial charge is 0.456 e. The highest BCUT2D eigenvalue weighted by atomic mass is 79.9. The highest BCUT2D eigenvalue weighted by molar-refractivity contribution is 9.10. The van der Waals surface area contributed by atoms with E-state index in [1.165, 1.54) is 0 Å². The van der Waals surface area contributed by atoms with E-state index < -0.39 is 12.0 Å². The van der Waals surface area contributed by atoms with Gasteiger partial charge in [-0.2, -0.15) is 0 Å². The van der Waals surface area contributed by atoms with Gasteiger partial charge < -0.3 is 10.1 Å². The van der Waals surface area contributed by atoms with E-state index in [4.69, 9.17) is 4.74 Å². The second-order valence-electron chi connectivity index (χ2n) is 8.56. The summed E-state index contributed by atoms with van der Waals surface area (Å²) in [5, 5.41) is 2.73. The zero-order valence-electron chi connectivity index (χ0n) is 18.0. The van der Waals surface area contributed by atoms with Crippen LogP contribution >= 0.6 is 15.9 Å². The van der Waals surface area contributed by atoms with E-state index in [1.54, 1.807) is 36.4 Å². The number of amides is 1. The highest BCUT2D eigenvalue weighted by Crippen LogP contribution is 2.22. The number of Topliss-reactive ketones (excluding diaryl/α,β-unsaturated/α-hetero) is 1. The molecule has 0 unspecified atom stereocenters. The lowest BCUT2D eigenvalue weighted by Gasteiger charge is -2.22. The van der Waals surface area contributed by atoms with Gasteiger partial charge >= 0.3 is 5.97 Å². The molecule has 0 aliphatic heterocycles. The summed E-state index contributed by atoms with van der Waals surface area (Å²) in [6, 6.07) is 13.3. The van der Waals surface area contributed by atoms with Crippen molar-refractivity contribution in [3.05, 3.63) is 69.7 Å². The molecular weight excluding hydrogens is 446 g/mol. The van der Waals surface area contributed by atoms with Crippen molar-refractivity contribution in [1.29, 1.82) is 0 Å². The third-order valence-corrected chi connectivity index (χ3v) is 5.26.